The molecule has 13 heavy (non-hydrogen) atoms. The van der Waals surface area contributed by atoms with Crippen LogP contribution in [0.15, 0.2) is 12.1 Å². The second-order valence-corrected chi connectivity index (χ2v) is 2.43. The van der Waals surface area contributed by atoms with Gasteiger partial charge in [0.25, 0.3) is 0 Å². The molecule has 0 amide bonds. The van der Waals surface area contributed by atoms with Gasteiger partial charge < -0.3 is 14.5 Å². The number of rotatable bonds is 2. The van der Waals surface area contributed by atoms with Gasteiger partial charge in [-0.2, -0.15) is 5.26 Å². The fraction of sp³-hybridized carbons (Fsp3) is 0.250. The summed E-state index contributed by atoms with van der Waals surface area (Å²) in [5, 5.41) is 18.7. The van der Waals surface area contributed by atoms with E-state index >= 15 is 0 Å². The number of carboxylic acid groups (broad SMARTS) is 1. The number of aromatic nitrogens is 1. The summed E-state index contributed by atoms with van der Waals surface area (Å²) in [5.74, 6) is -1.14. The van der Waals surface area contributed by atoms with Crippen LogP contribution >= 0.6 is 0 Å². The van der Waals surface area contributed by atoms with Crippen LogP contribution in [-0.2, 0) is 18.3 Å². The topological polar surface area (TPSA) is 68.8 Å². The molecule has 0 saturated carbocycles. The smallest absolute Gasteiger partial charge is 0.550 e. The molecule has 0 aliphatic carbocycles. The summed E-state index contributed by atoms with van der Waals surface area (Å²) in [4.78, 5) is 10.2. The third kappa shape index (κ3) is 2.88. The fourth-order valence-electron chi connectivity index (χ4n) is 0.991. The Morgan fingerprint density at radius 1 is 1.69 bits per heavy atom. The van der Waals surface area contributed by atoms with E-state index in [2.05, 4.69) is 0 Å². The monoisotopic (exact) mass is 186 g/mol. The van der Waals surface area contributed by atoms with E-state index in [1.165, 1.54) is 4.57 Å². The van der Waals surface area contributed by atoms with Crippen LogP contribution in [0.1, 0.15) is 11.4 Å². The molecule has 4 nitrogen and oxygen atoms in total. The average Bonchev–Trinajstić information content (AvgIpc) is 2.32. The van der Waals surface area contributed by atoms with Crippen molar-refractivity contribution < 1.29 is 39.5 Å². The SMILES string of the molecule is Cn1c(C#N)ccc1CC(=O)[O-].[Na+]. The van der Waals surface area contributed by atoms with E-state index in [1.807, 2.05) is 6.07 Å². The number of carbonyl (C=O) groups excluding carboxylic acids is 1. The second-order valence-electron chi connectivity index (χ2n) is 2.43. The van der Waals surface area contributed by atoms with Gasteiger partial charge in [0.05, 0.1) is 0 Å². The van der Waals surface area contributed by atoms with Crippen LogP contribution in [0, 0.1) is 11.3 Å². The van der Waals surface area contributed by atoms with Crippen molar-refractivity contribution in [3.8, 4) is 6.07 Å². The Morgan fingerprint density at radius 2 is 2.31 bits per heavy atom. The molecule has 0 fully saturated rings. The van der Waals surface area contributed by atoms with Crippen molar-refractivity contribution in [2.75, 3.05) is 0 Å². The first-order valence-electron chi connectivity index (χ1n) is 3.39. The first-order chi connectivity index (χ1) is 5.65. The Hall–Kier alpha value is -0.760. The zero-order chi connectivity index (χ0) is 9.14. The largest absolute Gasteiger partial charge is 1.00 e. The van der Waals surface area contributed by atoms with Gasteiger partial charge in [-0.1, -0.05) is 0 Å². The van der Waals surface area contributed by atoms with E-state index in [4.69, 9.17) is 5.26 Å². The molecule has 0 aromatic carbocycles. The normalized spacial score (nSPS) is 8.62. The molecule has 0 unspecified atom stereocenters. The number of carbonyl (C=O) groups is 1. The van der Waals surface area contributed by atoms with Crippen LogP contribution in [0.2, 0.25) is 0 Å². The molecule has 1 heterocycles. The predicted molar refractivity (Wildman–Crippen MR) is 38.8 cm³/mol. The molecule has 0 saturated heterocycles. The van der Waals surface area contributed by atoms with E-state index in [0.29, 0.717) is 11.4 Å². The average molecular weight is 186 g/mol. The third-order valence-corrected chi connectivity index (χ3v) is 1.67. The Balaban J connectivity index is 0.00000144. The maximum absolute atomic E-state index is 10.2. The first-order valence-corrected chi connectivity index (χ1v) is 3.39. The Labute approximate surface area is 98.1 Å². The quantitative estimate of drug-likeness (QED) is 0.445. The zero-order valence-electron chi connectivity index (χ0n) is 7.57. The van der Waals surface area contributed by atoms with Gasteiger partial charge >= 0.3 is 29.6 Å². The summed E-state index contributed by atoms with van der Waals surface area (Å²) in [7, 11) is 1.65. The molecular weight excluding hydrogens is 179 g/mol. The summed E-state index contributed by atoms with van der Waals surface area (Å²) >= 11 is 0. The van der Waals surface area contributed by atoms with Crippen molar-refractivity contribution in [3.05, 3.63) is 23.5 Å². The first kappa shape index (κ1) is 12.2. The van der Waals surface area contributed by atoms with Crippen molar-refractivity contribution in [2.45, 2.75) is 6.42 Å². The summed E-state index contributed by atoms with van der Waals surface area (Å²) in [5.41, 5.74) is 1.03. The standard InChI is InChI=1S/C8H8N2O2.Na/c1-10-6(4-8(11)12)2-3-7(10)5-9;/h2-3H,4H2,1H3,(H,11,12);/q;+1/p-1. The minimum Gasteiger partial charge on any atom is -0.550 e. The minimum absolute atomic E-state index is 0. The van der Waals surface area contributed by atoms with Gasteiger partial charge in [0.2, 0.25) is 0 Å². The third-order valence-electron chi connectivity index (χ3n) is 1.67. The van der Waals surface area contributed by atoms with Crippen LogP contribution < -0.4 is 34.7 Å². The Kier molecular flexibility index (Phi) is 4.78. The molecule has 1 aromatic heterocycles. The van der Waals surface area contributed by atoms with Gasteiger partial charge in [0.15, 0.2) is 0 Å². The van der Waals surface area contributed by atoms with Crippen LogP contribution in [-0.4, -0.2) is 10.5 Å². The van der Waals surface area contributed by atoms with Crippen LogP contribution in [0.3, 0.4) is 0 Å². The van der Waals surface area contributed by atoms with Gasteiger partial charge in [-0.15, -0.1) is 0 Å². The van der Waals surface area contributed by atoms with E-state index in [0.717, 1.165) is 0 Å². The van der Waals surface area contributed by atoms with Crippen molar-refractivity contribution >= 4 is 5.97 Å². The van der Waals surface area contributed by atoms with Crippen molar-refractivity contribution in [1.82, 2.24) is 4.57 Å². The van der Waals surface area contributed by atoms with Gasteiger partial charge in [-0.3, -0.25) is 0 Å². The summed E-state index contributed by atoms with van der Waals surface area (Å²) in [6, 6.07) is 5.13. The maximum atomic E-state index is 10.2. The fourth-order valence-corrected chi connectivity index (χ4v) is 0.991. The van der Waals surface area contributed by atoms with E-state index in [-0.39, 0.29) is 36.0 Å². The number of hydrogen-bond acceptors (Lipinski definition) is 3. The second kappa shape index (κ2) is 5.07. The molecule has 0 atom stereocenters. The molecule has 0 aliphatic heterocycles. The molecule has 0 aliphatic rings. The van der Waals surface area contributed by atoms with Crippen molar-refractivity contribution in [2.24, 2.45) is 7.05 Å². The van der Waals surface area contributed by atoms with Gasteiger partial charge in [-0.25, -0.2) is 0 Å². The molecule has 0 spiro atoms. The van der Waals surface area contributed by atoms with E-state index in [1.54, 1.807) is 19.2 Å². The molecule has 1 rings (SSSR count). The maximum Gasteiger partial charge on any atom is 1.00 e. The predicted octanol–water partition coefficient (Wildman–Crippen LogP) is -3.81. The van der Waals surface area contributed by atoms with E-state index < -0.39 is 5.97 Å². The molecule has 5 heteroatoms. The van der Waals surface area contributed by atoms with Gasteiger partial charge in [-0.05, 0) is 12.1 Å². The number of hydrogen-bond donors (Lipinski definition) is 0. The summed E-state index contributed by atoms with van der Waals surface area (Å²) < 4.78 is 1.54. The summed E-state index contributed by atoms with van der Waals surface area (Å²) in [6.45, 7) is 0. The molecule has 0 radical (unpaired) electrons. The van der Waals surface area contributed by atoms with Gasteiger partial charge in [0, 0.05) is 25.1 Å². The van der Waals surface area contributed by atoms with Crippen LogP contribution in [0.25, 0.3) is 0 Å². The van der Waals surface area contributed by atoms with E-state index in [9.17, 15) is 9.90 Å². The summed E-state index contributed by atoms with van der Waals surface area (Å²) in [6.07, 6.45) is -0.155. The van der Waals surface area contributed by atoms with Gasteiger partial charge in [0.1, 0.15) is 11.8 Å². The Bertz CT molecular complexity index is 352. The Morgan fingerprint density at radius 3 is 2.69 bits per heavy atom. The molecular formula is C8H7N2NaO2. The zero-order valence-corrected chi connectivity index (χ0v) is 9.57. The van der Waals surface area contributed by atoms with Crippen molar-refractivity contribution in [3.63, 3.8) is 0 Å². The number of carboxylic acids is 1. The minimum atomic E-state index is -1.14. The molecule has 1 aromatic rings. The van der Waals surface area contributed by atoms with Crippen LogP contribution in [0.5, 0.6) is 0 Å². The number of nitriles is 1. The number of nitrogens with zero attached hydrogens (tertiary/aromatic N) is 2. The van der Waals surface area contributed by atoms with Crippen molar-refractivity contribution in [1.29, 1.82) is 5.26 Å². The van der Waals surface area contributed by atoms with Crippen LogP contribution in [0.4, 0.5) is 0 Å². The molecule has 0 N–H and O–H groups in total. The molecule has 0 bridgehead atoms. The number of aliphatic carboxylic acids is 1. The molecule has 62 valence electrons.